The molecule has 2 saturated heterocycles. The number of thiocarbonyl (C=S) groups is 1. The Morgan fingerprint density at radius 1 is 1.00 bits per heavy atom. The van der Waals surface area contributed by atoms with E-state index < -0.39 is 44.9 Å². The van der Waals surface area contributed by atoms with E-state index in [9.17, 15) is 8.42 Å². The highest BCUT2D eigenvalue weighted by Crippen LogP contribution is 2.43. The number of benzene rings is 1. The zero-order chi connectivity index (χ0) is 28.0. The number of fused-ring (bicyclic) bond motifs is 1. The van der Waals surface area contributed by atoms with Crippen molar-refractivity contribution < 1.29 is 26.7 Å². The number of rotatable bonds is 8. The zero-order valence-corrected chi connectivity index (χ0v) is 27.4. The topological polar surface area (TPSA) is 74.3 Å². The first-order valence-electron chi connectivity index (χ1n) is 12.7. The van der Waals surface area contributed by atoms with E-state index in [1.54, 1.807) is 35.2 Å². The smallest absolute Gasteiger partial charge is 0.266 e. The van der Waals surface area contributed by atoms with E-state index in [0.29, 0.717) is 6.61 Å². The third-order valence-electron chi connectivity index (χ3n) is 8.13. The van der Waals surface area contributed by atoms with E-state index in [4.69, 9.17) is 30.5 Å². The molecule has 2 aliphatic heterocycles. The summed E-state index contributed by atoms with van der Waals surface area (Å²) >= 11 is 5.49. The quantitative estimate of drug-likeness (QED) is 0.270. The van der Waals surface area contributed by atoms with E-state index in [1.165, 1.54) is 6.20 Å². The van der Waals surface area contributed by atoms with Crippen LogP contribution in [0.15, 0.2) is 46.8 Å². The fourth-order valence-corrected chi connectivity index (χ4v) is 7.21. The molecule has 208 valence electrons. The Kier molecular flexibility index (Phi) is 8.62. The molecule has 0 amide bonds. The second kappa shape index (κ2) is 10.5. The number of hydrogen-bond acceptors (Lipinski definition) is 7. The Hall–Kier alpha value is -1.09. The fraction of sp³-hybridized carbons (Fsp3) is 0.654. The molecule has 2 aliphatic rings. The molecule has 4 atom stereocenters. The first kappa shape index (κ1) is 30.5. The van der Waals surface area contributed by atoms with Gasteiger partial charge in [-0.2, -0.15) is 0 Å². The summed E-state index contributed by atoms with van der Waals surface area (Å²) in [5.74, 6) is 0. The summed E-state index contributed by atoms with van der Waals surface area (Å²) in [7, 11) is -7.90. The standard InChI is InChI=1S/C26H43NO6S2Si2/c1-25(2,3)36(7,8)30-18-20-21(33-37(9,10)26(4,5)6)22-23(31-20)27(24(34)32-22)16-17-35(28,29)19-14-12-11-13-15-19/h11-17,20-23H,18H2,1-10H3/b17-16+/t20-,21-,22+,23-/m1/s1. The molecule has 1 aromatic carbocycles. The van der Waals surface area contributed by atoms with Gasteiger partial charge in [0.25, 0.3) is 5.17 Å². The van der Waals surface area contributed by atoms with Gasteiger partial charge in [0.2, 0.25) is 9.84 Å². The fourth-order valence-electron chi connectivity index (χ4n) is 3.62. The van der Waals surface area contributed by atoms with Gasteiger partial charge in [0.1, 0.15) is 12.2 Å². The number of sulfone groups is 1. The summed E-state index contributed by atoms with van der Waals surface area (Å²) in [6.07, 6.45) is -0.410. The summed E-state index contributed by atoms with van der Waals surface area (Å²) in [5, 5.41) is 1.35. The van der Waals surface area contributed by atoms with Crippen LogP contribution in [-0.2, 0) is 28.2 Å². The predicted octanol–water partition coefficient (Wildman–Crippen LogP) is 6.05. The maximum absolute atomic E-state index is 12.8. The third-order valence-corrected chi connectivity index (χ3v) is 18.8. The van der Waals surface area contributed by atoms with Gasteiger partial charge in [0.05, 0.1) is 16.9 Å². The molecule has 2 heterocycles. The maximum Gasteiger partial charge on any atom is 0.266 e. The minimum Gasteiger partial charge on any atom is -0.460 e. The first-order valence-corrected chi connectivity index (χ1v) is 20.5. The second-order valence-corrected chi connectivity index (χ2v) is 24.6. The Morgan fingerprint density at radius 2 is 1.57 bits per heavy atom. The summed E-state index contributed by atoms with van der Waals surface area (Å²) < 4.78 is 51.7. The number of ether oxygens (including phenoxy) is 2. The molecule has 0 aromatic heterocycles. The monoisotopic (exact) mass is 585 g/mol. The van der Waals surface area contributed by atoms with Gasteiger partial charge in [0, 0.05) is 6.20 Å². The van der Waals surface area contributed by atoms with Gasteiger partial charge < -0.3 is 18.3 Å². The minimum absolute atomic E-state index is 0.0155. The largest absolute Gasteiger partial charge is 0.460 e. The molecule has 2 fully saturated rings. The SMILES string of the molecule is CC(C)(C)[Si](C)(C)OC[C@H]1O[C@@H]2[C@@H](OC(=S)N2/C=C/S(=O)(=O)c2ccccc2)[C@@H]1O[Si](C)(C)C(C)(C)C. The van der Waals surface area contributed by atoms with Crippen LogP contribution in [0.2, 0.25) is 36.3 Å². The normalized spacial score (nSPS) is 25.6. The lowest BCUT2D eigenvalue weighted by Gasteiger charge is -2.41. The summed E-state index contributed by atoms with van der Waals surface area (Å²) in [6.45, 7) is 22.4. The van der Waals surface area contributed by atoms with Crippen LogP contribution in [0.1, 0.15) is 41.5 Å². The van der Waals surface area contributed by atoms with E-state index in [-0.39, 0.29) is 26.3 Å². The lowest BCUT2D eigenvalue weighted by Crippen LogP contribution is -2.51. The van der Waals surface area contributed by atoms with Crippen LogP contribution < -0.4 is 0 Å². The van der Waals surface area contributed by atoms with Crippen LogP contribution in [-0.4, -0.2) is 66.3 Å². The highest BCUT2D eigenvalue weighted by atomic mass is 32.2. The van der Waals surface area contributed by atoms with Crippen LogP contribution in [0, 0.1) is 0 Å². The van der Waals surface area contributed by atoms with E-state index in [2.05, 4.69) is 67.7 Å². The third kappa shape index (κ3) is 6.56. The highest BCUT2D eigenvalue weighted by Gasteiger charge is 2.57. The van der Waals surface area contributed by atoms with Crippen molar-refractivity contribution in [1.82, 2.24) is 4.90 Å². The van der Waals surface area contributed by atoms with Gasteiger partial charge >= 0.3 is 0 Å². The van der Waals surface area contributed by atoms with Crippen molar-refractivity contribution in [3.05, 3.63) is 41.9 Å². The molecule has 0 radical (unpaired) electrons. The number of nitrogens with zero attached hydrogens (tertiary/aromatic N) is 1. The van der Waals surface area contributed by atoms with Crippen molar-refractivity contribution in [2.24, 2.45) is 0 Å². The molecule has 11 heteroatoms. The van der Waals surface area contributed by atoms with Crippen molar-refractivity contribution in [3.8, 4) is 0 Å². The van der Waals surface area contributed by atoms with Crippen molar-refractivity contribution in [2.75, 3.05) is 6.61 Å². The first-order chi connectivity index (χ1) is 16.8. The maximum atomic E-state index is 12.8. The summed E-state index contributed by atoms with van der Waals surface area (Å²) in [4.78, 5) is 1.79. The van der Waals surface area contributed by atoms with Gasteiger partial charge in [-0.1, -0.05) is 59.7 Å². The summed E-state index contributed by atoms with van der Waals surface area (Å²) in [6, 6.07) is 8.28. The molecule has 0 unspecified atom stereocenters. The van der Waals surface area contributed by atoms with Crippen LogP contribution in [0.4, 0.5) is 0 Å². The van der Waals surface area contributed by atoms with Crippen LogP contribution >= 0.6 is 12.2 Å². The van der Waals surface area contributed by atoms with E-state index in [1.807, 2.05) is 0 Å². The zero-order valence-electron chi connectivity index (χ0n) is 23.8. The van der Waals surface area contributed by atoms with Crippen molar-refractivity contribution >= 4 is 43.9 Å². The molecule has 37 heavy (non-hydrogen) atoms. The average molecular weight is 586 g/mol. The lowest BCUT2D eigenvalue weighted by molar-refractivity contribution is -0.0419. The molecule has 3 rings (SSSR count). The Labute approximate surface area is 230 Å². The molecule has 7 nitrogen and oxygen atoms in total. The number of hydrogen-bond donors (Lipinski definition) is 0. The van der Waals surface area contributed by atoms with Gasteiger partial charge in [-0.15, -0.1) is 0 Å². The van der Waals surface area contributed by atoms with Crippen LogP contribution in [0.5, 0.6) is 0 Å². The molecule has 1 aromatic rings. The molecule has 0 saturated carbocycles. The van der Waals surface area contributed by atoms with Crippen molar-refractivity contribution in [2.45, 2.75) is 107 Å². The van der Waals surface area contributed by atoms with Gasteiger partial charge in [0.15, 0.2) is 29.0 Å². The molecule has 0 N–H and O–H groups in total. The van der Waals surface area contributed by atoms with Gasteiger partial charge in [-0.25, -0.2) is 8.42 Å². The molecule has 0 spiro atoms. The molecule has 0 aliphatic carbocycles. The van der Waals surface area contributed by atoms with E-state index >= 15 is 0 Å². The molecular formula is C26H43NO6S2Si2. The predicted molar refractivity (Wildman–Crippen MR) is 156 cm³/mol. The molecule has 0 bridgehead atoms. The molecular weight excluding hydrogens is 543 g/mol. The highest BCUT2D eigenvalue weighted by molar-refractivity contribution is 7.94. The van der Waals surface area contributed by atoms with Crippen LogP contribution in [0.25, 0.3) is 0 Å². The van der Waals surface area contributed by atoms with Crippen LogP contribution in [0.3, 0.4) is 0 Å². The Bertz CT molecular complexity index is 1110. The minimum atomic E-state index is -3.66. The Balaban J connectivity index is 1.88. The Morgan fingerprint density at radius 3 is 2.11 bits per heavy atom. The average Bonchev–Trinajstić information content (AvgIpc) is 3.24. The van der Waals surface area contributed by atoms with Gasteiger partial charge in [-0.05, 0) is 60.6 Å². The van der Waals surface area contributed by atoms with Crippen molar-refractivity contribution in [3.63, 3.8) is 0 Å². The van der Waals surface area contributed by atoms with Gasteiger partial charge in [-0.3, -0.25) is 4.90 Å². The lowest BCUT2D eigenvalue weighted by atomic mass is 10.1. The second-order valence-electron chi connectivity index (χ2n) is 12.9. The van der Waals surface area contributed by atoms with Crippen molar-refractivity contribution in [1.29, 1.82) is 0 Å². The summed E-state index contributed by atoms with van der Waals surface area (Å²) in [5.41, 5.74) is 0. The van der Waals surface area contributed by atoms with E-state index in [0.717, 1.165) is 5.41 Å².